The molecule has 4 aliphatic rings. The monoisotopic (exact) mass is 724 g/mol. The molecule has 8 heterocycles. The van der Waals surface area contributed by atoms with Gasteiger partial charge in [0.05, 0.1) is 46.7 Å². The van der Waals surface area contributed by atoms with E-state index in [4.69, 9.17) is 8.83 Å². The molecule has 4 unspecified atom stereocenters. The van der Waals surface area contributed by atoms with Gasteiger partial charge < -0.3 is 27.8 Å². The Bertz CT molecular complexity index is 2370. The number of rotatable bonds is 0. The van der Waals surface area contributed by atoms with Gasteiger partial charge >= 0.3 is 0 Å². The first-order valence-corrected chi connectivity index (χ1v) is 20.0. The number of anilines is 2. The van der Waals surface area contributed by atoms with E-state index in [0.717, 1.165) is 11.2 Å². The second kappa shape index (κ2) is 10.3. The van der Waals surface area contributed by atoms with Gasteiger partial charge in [-0.25, -0.2) is 0 Å². The molecule has 6 nitrogen and oxygen atoms in total. The molecule has 0 aliphatic carbocycles. The van der Waals surface area contributed by atoms with Crippen LogP contribution in [-0.2, 0) is 36.0 Å². The Labute approximate surface area is 322 Å². The van der Waals surface area contributed by atoms with Crippen LogP contribution in [0.2, 0.25) is 0 Å². The molecule has 0 N–H and O–H groups in total. The van der Waals surface area contributed by atoms with E-state index >= 15 is 0 Å². The van der Waals surface area contributed by atoms with E-state index in [9.17, 15) is 0 Å². The van der Waals surface area contributed by atoms with Gasteiger partial charge in [0.25, 0.3) is 0 Å². The smallest absolute Gasteiger partial charge is 0.157 e. The van der Waals surface area contributed by atoms with Crippen molar-refractivity contribution in [2.45, 2.75) is 131 Å². The number of hydrogen-bond acceptors (Lipinski definition) is 4. The molecule has 0 fully saturated rings. The third-order valence-corrected chi connectivity index (χ3v) is 17.1. The van der Waals surface area contributed by atoms with E-state index in [-0.39, 0.29) is 32.7 Å². The number of aromatic nitrogens is 2. The van der Waals surface area contributed by atoms with Gasteiger partial charge in [0, 0.05) is 70.9 Å². The van der Waals surface area contributed by atoms with Crippen LogP contribution < -0.4 is 9.80 Å². The lowest BCUT2D eigenvalue weighted by molar-refractivity contribution is 0.0654. The number of hydrogen-bond donors (Lipinski definition) is 0. The van der Waals surface area contributed by atoms with Crippen molar-refractivity contribution in [1.29, 1.82) is 0 Å². The van der Waals surface area contributed by atoms with Crippen molar-refractivity contribution in [3.8, 4) is 0 Å². The highest BCUT2D eigenvalue weighted by Gasteiger charge is 2.67. The predicted octanol–water partition coefficient (Wildman–Crippen LogP) is 12.4. The molecule has 0 amide bonds. The Hall–Kier alpha value is -4.32. The number of nitrogens with zero attached hydrogens (tertiary/aromatic N) is 4. The minimum atomic E-state index is -0.151. The molecular weight excluding hydrogens is 665 g/mol. The van der Waals surface area contributed by atoms with Gasteiger partial charge in [-0.3, -0.25) is 0 Å². The van der Waals surface area contributed by atoms with Crippen molar-refractivity contribution in [2.75, 3.05) is 9.80 Å². The summed E-state index contributed by atoms with van der Waals surface area (Å²) in [4.78, 5) is 5.38. The largest absolute Gasteiger partial charge is 0.462 e. The summed E-state index contributed by atoms with van der Waals surface area (Å²) in [6.45, 7) is 33.5. The zero-order valence-corrected chi connectivity index (χ0v) is 35.5. The van der Waals surface area contributed by atoms with Crippen molar-refractivity contribution < 1.29 is 8.83 Å². The van der Waals surface area contributed by atoms with Gasteiger partial charge in [-0.05, 0) is 74.6 Å². The van der Waals surface area contributed by atoms with Crippen LogP contribution in [0.1, 0.15) is 140 Å². The van der Waals surface area contributed by atoms with Crippen molar-refractivity contribution in [1.82, 2.24) is 9.13 Å². The van der Waals surface area contributed by atoms with Crippen LogP contribution in [0.4, 0.5) is 11.4 Å². The van der Waals surface area contributed by atoms with Gasteiger partial charge in [-0.2, -0.15) is 0 Å². The molecule has 10 rings (SSSR count). The molecule has 0 saturated heterocycles. The lowest BCUT2D eigenvalue weighted by Crippen LogP contribution is -2.62. The summed E-state index contributed by atoms with van der Waals surface area (Å²) < 4.78 is 16.9. The SMILES string of the molecule is Cc1cccc2c1N1C(C)c3c(c4occc4n3C)C1(C)C(C)(C)C2(C)C.Cc1cccc2c1N1C(C)c3c(c4occc4n3C)C1(C)C(C)(C)C2(C)C. The maximum atomic E-state index is 6.08. The van der Waals surface area contributed by atoms with Gasteiger partial charge in [-0.1, -0.05) is 91.8 Å². The summed E-state index contributed by atoms with van der Waals surface area (Å²) in [5, 5.41) is 0. The number of benzene rings is 2. The average Bonchev–Trinajstić information content (AvgIpc) is 3.93. The molecule has 0 spiro atoms. The maximum Gasteiger partial charge on any atom is 0.157 e. The third-order valence-electron chi connectivity index (χ3n) is 17.1. The quantitative estimate of drug-likeness (QED) is 0.156. The fourth-order valence-corrected chi connectivity index (χ4v) is 12.4. The van der Waals surface area contributed by atoms with Crippen LogP contribution in [0.15, 0.2) is 69.9 Å². The minimum absolute atomic E-state index is 0.00137. The fraction of sp³-hybridized carbons (Fsp3) is 0.500. The van der Waals surface area contributed by atoms with Crippen LogP contribution >= 0.6 is 0 Å². The Kier molecular flexibility index (Phi) is 6.75. The molecule has 54 heavy (non-hydrogen) atoms. The summed E-state index contributed by atoms with van der Waals surface area (Å²) in [5.41, 5.74) is 18.3. The standard InChI is InChI=1S/2C24H30N2O/c2*1-14-10-9-11-16-19(14)26-15(2)20-18(21-17(25(20)8)12-13-27-21)24(26,7)23(5,6)22(16,3)4/h2*9-13,15H,1-8H3. The summed E-state index contributed by atoms with van der Waals surface area (Å²) in [6.07, 6.45) is 3.67. The number of aryl methyl sites for hydroxylation is 4. The number of para-hydroxylation sites is 2. The Morgan fingerprint density at radius 2 is 0.870 bits per heavy atom. The lowest BCUT2D eigenvalue weighted by atomic mass is 9.51. The van der Waals surface area contributed by atoms with Crippen molar-refractivity contribution >= 4 is 33.6 Å². The Morgan fingerprint density at radius 3 is 1.22 bits per heavy atom. The number of fused-ring (bicyclic) bond motifs is 14. The first kappa shape index (κ1) is 35.4. The summed E-state index contributed by atoms with van der Waals surface area (Å²) in [5.74, 6) is 0. The van der Waals surface area contributed by atoms with Gasteiger partial charge in [0.1, 0.15) is 0 Å². The van der Waals surface area contributed by atoms with Crippen molar-refractivity contribution in [3.05, 3.63) is 106 Å². The molecule has 4 aliphatic heterocycles. The highest BCUT2D eigenvalue weighted by Crippen LogP contribution is 2.70. The number of furan rings is 2. The van der Waals surface area contributed by atoms with Gasteiger partial charge in [0.2, 0.25) is 0 Å². The van der Waals surface area contributed by atoms with Crippen molar-refractivity contribution in [3.63, 3.8) is 0 Å². The van der Waals surface area contributed by atoms with E-state index in [2.05, 4.69) is 178 Å². The van der Waals surface area contributed by atoms with Crippen LogP contribution in [0, 0.1) is 24.7 Å². The van der Waals surface area contributed by atoms with Gasteiger partial charge in [0.15, 0.2) is 11.2 Å². The van der Waals surface area contributed by atoms with E-state index in [1.807, 2.05) is 12.5 Å². The van der Waals surface area contributed by atoms with Crippen molar-refractivity contribution in [2.24, 2.45) is 24.9 Å². The second-order valence-electron chi connectivity index (χ2n) is 19.6. The molecular formula is C48H60N4O2. The van der Waals surface area contributed by atoms with E-state index in [1.165, 1.54) is 67.2 Å². The fourth-order valence-electron chi connectivity index (χ4n) is 12.4. The topological polar surface area (TPSA) is 42.6 Å². The first-order chi connectivity index (χ1) is 25.1. The lowest BCUT2D eigenvalue weighted by Gasteiger charge is -2.62. The molecule has 2 aromatic carbocycles. The Balaban J connectivity index is 0.000000142. The van der Waals surface area contributed by atoms with Crippen LogP contribution in [-0.4, -0.2) is 9.13 Å². The zero-order valence-electron chi connectivity index (χ0n) is 35.5. The summed E-state index contributed by atoms with van der Waals surface area (Å²) in [6, 6.07) is 18.4. The molecule has 6 aromatic rings. The second-order valence-corrected chi connectivity index (χ2v) is 19.6. The first-order valence-electron chi connectivity index (χ1n) is 20.0. The third kappa shape index (κ3) is 3.52. The highest BCUT2D eigenvalue weighted by atomic mass is 16.3. The molecule has 0 saturated carbocycles. The normalized spacial score (nSPS) is 27.6. The molecule has 284 valence electrons. The average molecular weight is 725 g/mol. The maximum absolute atomic E-state index is 6.08. The molecule has 4 aromatic heterocycles. The molecule has 0 bridgehead atoms. The predicted molar refractivity (Wildman–Crippen MR) is 223 cm³/mol. The van der Waals surface area contributed by atoms with Crippen LogP contribution in [0.25, 0.3) is 22.2 Å². The minimum Gasteiger partial charge on any atom is -0.462 e. The Morgan fingerprint density at radius 1 is 0.519 bits per heavy atom. The van der Waals surface area contributed by atoms with E-state index in [1.54, 1.807) is 0 Å². The van der Waals surface area contributed by atoms with E-state index in [0.29, 0.717) is 12.1 Å². The van der Waals surface area contributed by atoms with Crippen LogP contribution in [0.3, 0.4) is 0 Å². The van der Waals surface area contributed by atoms with E-state index < -0.39 is 0 Å². The van der Waals surface area contributed by atoms with Gasteiger partial charge in [-0.15, -0.1) is 0 Å². The zero-order chi connectivity index (χ0) is 39.0. The summed E-state index contributed by atoms with van der Waals surface area (Å²) >= 11 is 0. The van der Waals surface area contributed by atoms with Crippen LogP contribution in [0.5, 0.6) is 0 Å². The highest BCUT2D eigenvalue weighted by molar-refractivity contribution is 5.88. The molecule has 0 radical (unpaired) electrons. The summed E-state index contributed by atoms with van der Waals surface area (Å²) in [7, 11) is 4.37. The molecule has 4 atom stereocenters. The molecule has 6 heteroatoms.